The summed E-state index contributed by atoms with van der Waals surface area (Å²) in [6, 6.07) is 18.0. The van der Waals surface area contributed by atoms with E-state index in [0.717, 1.165) is 0 Å². The number of benzene rings is 3. The Morgan fingerprint density at radius 2 is 1.76 bits per heavy atom. The number of carbonyl (C=O) groups excluding carboxylic acids is 1. The second-order valence-corrected chi connectivity index (χ2v) is 9.37. The first-order chi connectivity index (χ1) is 15.7. The fourth-order valence-corrected chi connectivity index (χ4v) is 4.57. The number of nitrogens with one attached hydrogen (secondary N) is 1. The molecule has 0 amide bonds. The number of nitro groups is 1. The summed E-state index contributed by atoms with van der Waals surface area (Å²) < 4.78 is 33.7. The van der Waals surface area contributed by atoms with Gasteiger partial charge < -0.3 is 4.74 Å². The molecule has 172 valence electrons. The summed E-state index contributed by atoms with van der Waals surface area (Å²) in [4.78, 5) is 22.9. The second-order valence-electron chi connectivity index (χ2n) is 7.22. The van der Waals surface area contributed by atoms with Gasteiger partial charge in [-0.25, -0.2) is 17.9 Å². The number of sulfonamides is 1. The number of aryl methyl sites for hydroxylation is 1. The topological polar surface area (TPSA) is 116 Å². The van der Waals surface area contributed by atoms with Crippen LogP contribution in [0, 0.1) is 17.0 Å². The molecule has 0 heterocycles. The number of ether oxygens (including phenoxy) is 1. The van der Waals surface area contributed by atoms with Gasteiger partial charge in [-0.2, -0.15) is 0 Å². The van der Waals surface area contributed by atoms with Crippen LogP contribution in [0.1, 0.15) is 33.9 Å². The van der Waals surface area contributed by atoms with Crippen molar-refractivity contribution in [3.05, 3.63) is 105 Å². The third-order valence-electron chi connectivity index (χ3n) is 4.89. The number of halogens is 1. The zero-order chi connectivity index (χ0) is 24.0. The molecule has 33 heavy (non-hydrogen) atoms. The second kappa shape index (κ2) is 10.6. The molecule has 0 fully saturated rings. The molecule has 1 atom stereocenters. The average Bonchev–Trinajstić information content (AvgIpc) is 2.78. The predicted octanol–water partition coefficient (Wildman–Crippen LogP) is 4.82. The van der Waals surface area contributed by atoms with E-state index in [0.29, 0.717) is 16.1 Å². The summed E-state index contributed by atoms with van der Waals surface area (Å²) >= 11 is 5.85. The first-order valence-corrected chi connectivity index (χ1v) is 11.8. The first kappa shape index (κ1) is 24.4. The van der Waals surface area contributed by atoms with E-state index in [9.17, 15) is 23.3 Å². The van der Waals surface area contributed by atoms with Crippen LogP contribution in [0.2, 0.25) is 5.02 Å². The summed E-state index contributed by atoms with van der Waals surface area (Å²) in [6.45, 7) is 1.46. The minimum Gasteiger partial charge on any atom is -0.462 e. The van der Waals surface area contributed by atoms with E-state index in [4.69, 9.17) is 16.3 Å². The summed E-state index contributed by atoms with van der Waals surface area (Å²) in [5.41, 5.74) is 1.13. The van der Waals surface area contributed by atoms with Gasteiger partial charge >= 0.3 is 5.97 Å². The van der Waals surface area contributed by atoms with Crippen molar-refractivity contribution >= 4 is 33.3 Å². The molecule has 0 saturated carbocycles. The molecule has 8 nitrogen and oxygen atoms in total. The summed E-state index contributed by atoms with van der Waals surface area (Å²) in [7, 11) is -3.86. The molecule has 3 rings (SSSR count). The van der Waals surface area contributed by atoms with Gasteiger partial charge in [0.25, 0.3) is 5.69 Å². The molecule has 0 saturated heterocycles. The SMILES string of the molecule is Cc1cc(C(=O)OCC[C@H](NS(=O)(=O)c2ccc(Cl)cc2)c2ccccc2)ccc1[N+](=O)[O-]. The minimum absolute atomic E-state index is 0.0613. The maximum Gasteiger partial charge on any atom is 0.338 e. The lowest BCUT2D eigenvalue weighted by Crippen LogP contribution is -2.29. The van der Waals surface area contributed by atoms with E-state index in [-0.39, 0.29) is 29.2 Å². The molecular weight excluding hydrogens is 468 g/mol. The first-order valence-electron chi connectivity index (χ1n) is 9.92. The van der Waals surface area contributed by atoms with Crippen LogP contribution in [0.3, 0.4) is 0 Å². The fraction of sp³-hybridized carbons (Fsp3) is 0.174. The zero-order valence-electron chi connectivity index (χ0n) is 17.6. The summed E-state index contributed by atoms with van der Waals surface area (Å²) in [5, 5.41) is 11.4. The minimum atomic E-state index is -3.86. The Labute approximate surface area is 196 Å². The Hall–Kier alpha value is -3.27. The summed E-state index contributed by atoms with van der Waals surface area (Å²) in [6.07, 6.45) is 0.175. The van der Waals surface area contributed by atoms with Gasteiger partial charge in [-0.1, -0.05) is 41.9 Å². The van der Waals surface area contributed by atoms with Crippen molar-refractivity contribution in [3.63, 3.8) is 0 Å². The van der Waals surface area contributed by atoms with E-state index in [1.807, 2.05) is 6.07 Å². The van der Waals surface area contributed by atoms with Gasteiger partial charge in [-0.15, -0.1) is 0 Å². The van der Waals surface area contributed by atoms with Crippen molar-refractivity contribution in [2.75, 3.05) is 6.61 Å². The lowest BCUT2D eigenvalue weighted by Gasteiger charge is -2.19. The molecule has 0 bridgehead atoms. The number of esters is 1. The Morgan fingerprint density at radius 1 is 1.09 bits per heavy atom. The molecule has 10 heteroatoms. The van der Waals surface area contributed by atoms with Crippen LogP contribution < -0.4 is 4.72 Å². The van der Waals surface area contributed by atoms with Gasteiger partial charge in [-0.05, 0) is 48.9 Å². The number of hydrogen-bond donors (Lipinski definition) is 1. The molecule has 0 spiro atoms. The fourth-order valence-electron chi connectivity index (χ4n) is 3.19. The van der Waals surface area contributed by atoms with Crippen molar-refractivity contribution < 1.29 is 22.9 Å². The molecular formula is C23H21ClN2O6S. The normalized spacial score (nSPS) is 12.2. The number of hydrogen-bond acceptors (Lipinski definition) is 6. The molecule has 0 aliphatic rings. The van der Waals surface area contributed by atoms with Gasteiger partial charge in [-0.3, -0.25) is 10.1 Å². The molecule has 3 aromatic carbocycles. The third kappa shape index (κ3) is 6.38. The Bertz CT molecular complexity index is 1250. The highest BCUT2D eigenvalue weighted by Gasteiger charge is 2.22. The third-order valence-corrected chi connectivity index (χ3v) is 6.63. The lowest BCUT2D eigenvalue weighted by molar-refractivity contribution is -0.385. The quantitative estimate of drug-likeness (QED) is 0.262. The summed E-state index contributed by atoms with van der Waals surface area (Å²) in [5.74, 6) is -0.652. The van der Waals surface area contributed by atoms with Crippen LogP contribution in [0.25, 0.3) is 0 Å². The standard InChI is InChI=1S/C23H21ClN2O6S/c1-16-15-18(7-12-22(16)26(28)29)23(27)32-14-13-21(17-5-3-2-4-6-17)25-33(30,31)20-10-8-19(24)9-11-20/h2-12,15,21,25H,13-14H2,1H3/t21-/m0/s1. The maximum atomic E-state index is 12.9. The van der Waals surface area contributed by atoms with Crippen LogP contribution in [-0.2, 0) is 14.8 Å². The lowest BCUT2D eigenvalue weighted by atomic mass is 10.1. The van der Waals surface area contributed by atoms with Crippen LogP contribution in [0.15, 0.2) is 77.7 Å². The van der Waals surface area contributed by atoms with E-state index in [2.05, 4.69) is 4.72 Å². The van der Waals surface area contributed by atoms with Crippen molar-refractivity contribution in [3.8, 4) is 0 Å². The number of carbonyl (C=O) groups is 1. The molecule has 0 unspecified atom stereocenters. The van der Waals surface area contributed by atoms with Crippen LogP contribution in [-0.4, -0.2) is 25.9 Å². The zero-order valence-corrected chi connectivity index (χ0v) is 19.2. The van der Waals surface area contributed by atoms with Gasteiger partial charge in [0.15, 0.2) is 0 Å². The Morgan fingerprint density at radius 3 is 2.36 bits per heavy atom. The number of rotatable bonds is 9. The van der Waals surface area contributed by atoms with E-state index < -0.39 is 27.0 Å². The van der Waals surface area contributed by atoms with Gasteiger partial charge in [0.05, 0.1) is 28.0 Å². The van der Waals surface area contributed by atoms with Crippen LogP contribution in [0.4, 0.5) is 5.69 Å². The predicted molar refractivity (Wildman–Crippen MR) is 124 cm³/mol. The maximum absolute atomic E-state index is 12.9. The monoisotopic (exact) mass is 488 g/mol. The molecule has 0 aliphatic carbocycles. The van der Waals surface area contributed by atoms with Crippen molar-refractivity contribution in [1.82, 2.24) is 4.72 Å². The van der Waals surface area contributed by atoms with E-state index >= 15 is 0 Å². The number of nitrogens with zero attached hydrogens (tertiary/aromatic N) is 1. The van der Waals surface area contributed by atoms with Crippen molar-refractivity contribution in [2.24, 2.45) is 0 Å². The van der Waals surface area contributed by atoms with E-state index in [1.165, 1.54) is 49.4 Å². The van der Waals surface area contributed by atoms with Gasteiger partial charge in [0.2, 0.25) is 10.0 Å². The van der Waals surface area contributed by atoms with Crippen molar-refractivity contribution in [1.29, 1.82) is 0 Å². The highest BCUT2D eigenvalue weighted by atomic mass is 35.5. The Balaban J connectivity index is 1.71. The van der Waals surface area contributed by atoms with Crippen molar-refractivity contribution in [2.45, 2.75) is 24.3 Å². The van der Waals surface area contributed by atoms with E-state index in [1.54, 1.807) is 24.3 Å². The Kier molecular flexibility index (Phi) is 7.80. The number of nitro benzene ring substituents is 1. The van der Waals surface area contributed by atoms with Crippen LogP contribution >= 0.6 is 11.6 Å². The molecule has 0 aliphatic heterocycles. The molecule has 3 aromatic rings. The smallest absolute Gasteiger partial charge is 0.338 e. The van der Waals surface area contributed by atoms with Gasteiger partial charge in [0.1, 0.15) is 0 Å². The molecule has 0 radical (unpaired) electrons. The highest BCUT2D eigenvalue weighted by Crippen LogP contribution is 2.23. The molecule has 1 N–H and O–H groups in total. The van der Waals surface area contributed by atoms with Crippen LogP contribution in [0.5, 0.6) is 0 Å². The van der Waals surface area contributed by atoms with Gasteiger partial charge in [0, 0.05) is 23.1 Å². The largest absolute Gasteiger partial charge is 0.462 e. The average molecular weight is 489 g/mol. The molecule has 0 aromatic heterocycles. The highest BCUT2D eigenvalue weighted by molar-refractivity contribution is 7.89.